The van der Waals surface area contributed by atoms with E-state index in [-0.39, 0.29) is 12.6 Å². The van der Waals surface area contributed by atoms with E-state index in [1.807, 2.05) is 13.8 Å². The van der Waals surface area contributed by atoms with Gasteiger partial charge in [-0.2, -0.15) is 13.2 Å². The number of hydrogen-bond acceptors (Lipinski definition) is 2. The molecule has 0 saturated carbocycles. The monoisotopic (exact) mass is 311 g/mol. The lowest BCUT2D eigenvalue weighted by atomic mass is 10.0. The molecule has 2 N–H and O–H groups in total. The predicted molar refractivity (Wildman–Crippen MR) is 79.5 cm³/mol. The summed E-state index contributed by atoms with van der Waals surface area (Å²) >= 11 is 0. The Labute approximate surface area is 125 Å². The van der Waals surface area contributed by atoms with Crippen LogP contribution < -0.4 is 10.6 Å². The van der Waals surface area contributed by atoms with Crippen molar-refractivity contribution in [3.63, 3.8) is 0 Å². The van der Waals surface area contributed by atoms with E-state index in [2.05, 4.69) is 29.5 Å². The van der Waals surface area contributed by atoms with Crippen molar-refractivity contribution >= 4 is 5.96 Å². The first kappa shape index (κ1) is 20.0. The average molecular weight is 311 g/mol. The van der Waals surface area contributed by atoms with Gasteiger partial charge in [-0.1, -0.05) is 13.8 Å². The van der Waals surface area contributed by atoms with Gasteiger partial charge in [0, 0.05) is 26.2 Å². The highest BCUT2D eigenvalue weighted by atomic mass is 19.4. The summed E-state index contributed by atoms with van der Waals surface area (Å²) in [6.45, 7) is 9.58. The molecule has 0 aliphatic rings. The summed E-state index contributed by atoms with van der Waals surface area (Å²) < 4.78 is 41.9. The summed E-state index contributed by atoms with van der Waals surface area (Å²) in [5.74, 6) is 0.807. The highest BCUT2D eigenvalue weighted by Crippen LogP contribution is 2.18. The third kappa shape index (κ3) is 11.4. The third-order valence-corrected chi connectivity index (χ3v) is 2.85. The van der Waals surface area contributed by atoms with Gasteiger partial charge in [0.05, 0.1) is 12.5 Å². The van der Waals surface area contributed by atoms with Gasteiger partial charge in [0.1, 0.15) is 0 Å². The highest BCUT2D eigenvalue weighted by Gasteiger charge is 2.26. The lowest BCUT2D eigenvalue weighted by Gasteiger charge is -2.20. The first-order valence-corrected chi connectivity index (χ1v) is 7.50. The predicted octanol–water partition coefficient (Wildman–Crippen LogP) is 2.95. The Kier molecular flexibility index (Phi) is 10.2. The molecule has 7 heteroatoms. The molecule has 0 saturated heterocycles. The van der Waals surface area contributed by atoms with Crippen LogP contribution in [0.25, 0.3) is 0 Å². The fourth-order valence-corrected chi connectivity index (χ4v) is 1.79. The molecular formula is C14H28F3N3O. The van der Waals surface area contributed by atoms with Gasteiger partial charge in [0.25, 0.3) is 0 Å². The number of rotatable bonds is 9. The summed E-state index contributed by atoms with van der Waals surface area (Å²) in [5, 5.41) is 5.62. The van der Waals surface area contributed by atoms with Crippen LogP contribution in [0.4, 0.5) is 13.2 Å². The SMILES string of the molecule is CCNC(=NCCC(OCC)C(C)C)NCCC(F)(F)F. The van der Waals surface area contributed by atoms with Crippen molar-refractivity contribution in [2.24, 2.45) is 10.9 Å². The Morgan fingerprint density at radius 1 is 1.19 bits per heavy atom. The number of alkyl halides is 3. The van der Waals surface area contributed by atoms with E-state index < -0.39 is 12.6 Å². The summed E-state index contributed by atoms with van der Waals surface area (Å²) in [6.07, 6.45) is -4.15. The van der Waals surface area contributed by atoms with Gasteiger partial charge < -0.3 is 15.4 Å². The normalized spacial score (nSPS) is 14.4. The second-order valence-corrected chi connectivity index (χ2v) is 5.08. The van der Waals surface area contributed by atoms with Gasteiger partial charge >= 0.3 is 6.18 Å². The minimum absolute atomic E-state index is 0.122. The van der Waals surface area contributed by atoms with Crippen LogP contribution in [0, 0.1) is 5.92 Å². The number of halogens is 3. The van der Waals surface area contributed by atoms with E-state index in [0.29, 0.717) is 31.6 Å². The molecule has 0 aromatic rings. The Hall–Kier alpha value is -0.980. The number of guanidine groups is 1. The van der Waals surface area contributed by atoms with Gasteiger partial charge in [-0.25, -0.2) is 0 Å². The van der Waals surface area contributed by atoms with Crippen molar-refractivity contribution in [1.82, 2.24) is 10.6 Å². The van der Waals surface area contributed by atoms with Crippen LogP contribution in [0.1, 0.15) is 40.5 Å². The number of nitrogens with zero attached hydrogens (tertiary/aromatic N) is 1. The zero-order valence-electron chi connectivity index (χ0n) is 13.4. The van der Waals surface area contributed by atoms with Crippen LogP contribution >= 0.6 is 0 Å². The fraction of sp³-hybridized carbons (Fsp3) is 0.929. The van der Waals surface area contributed by atoms with Crippen LogP contribution in [0.3, 0.4) is 0 Å². The fourth-order valence-electron chi connectivity index (χ4n) is 1.79. The van der Waals surface area contributed by atoms with Crippen molar-refractivity contribution in [2.45, 2.75) is 52.8 Å². The van der Waals surface area contributed by atoms with E-state index in [4.69, 9.17) is 4.74 Å². The summed E-state index contributed by atoms with van der Waals surface area (Å²) in [6, 6.07) is 0. The molecular weight excluding hydrogens is 283 g/mol. The molecule has 0 fully saturated rings. The maximum atomic E-state index is 12.1. The molecule has 0 aliphatic carbocycles. The Morgan fingerprint density at radius 3 is 2.33 bits per heavy atom. The molecule has 21 heavy (non-hydrogen) atoms. The van der Waals surface area contributed by atoms with E-state index >= 15 is 0 Å². The lowest BCUT2D eigenvalue weighted by molar-refractivity contribution is -0.132. The summed E-state index contributed by atoms with van der Waals surface area (Å²) in [5.41, 5.74) is 0. The van der Waals surface area contributed by atoms with Crippen LogP contribution in [0.15, 0.2) is 4.99 Å². The molecule has 0 heterocycles. The topological polar surface area (TPSA) is 45.7 Å². The van der Waals surface area contributed by atoms with Crippen molar-refractivity contribution in [2.75, 3.05) is 26.2 Å². The van der Waals surface area contributed by atoms with Crippen molar-refractivity contribution in [1.29, 1.82) is 0 Å². The van der Waals surface area contributed by atoms with Gasteiger partial charge in [0.2, 0.25) is 0 Å². The van der Waals surface area contributed by atoms with Crippen molar-refractivity contribution in [3.8, 4) is 0 Å². The van der Waals surface area contributed by atoms with Crippen LogP contribution in [-0.4, -0.2) is 44.5 Å². The maximum Gasteiger partial charge on any atom is 0.390 e. The molecule has 0 aliphatic heterocycles. The van der Waals surface area contributed by atoms with E-state index in [0.717, 1.165) is 6.42 Å². The number of hydrogen-bond donors (Lipinski definition) is 2. The molecule has 1 unspecified atom stereocenters. The molecule has 0 aromatic carbocycles. The number of nitrogens with one attached hydrogen (secondary N) is 2. The van der Waals surface area contributed by atoms with Crippen molar-refractivity contribution in [3.05, 3.63) is 0 Å². The summed E-state index contributed by atoms with van der Waals surface area (Å²) in [4.78, 5) is 4.28. The second-order valence-electron chi connectivity index (χ2n) is 5.08. The first-order chi connectivity index (χ1) is 9.80. The second kappa shape index (κ2) is 10.7. The molecule has 0 rings (SSSR count). The lowest BCUT2D eigenvalue weighted by Crippen LogP contribution is -2.39. The quantitative estimate of drug-likeness (QED) is 0.508. The van der Waals surface area contributed by atoms with Gasteiger partial charge in [-0.05, 0) is 26.2 Å². The average Bonchev–Trinajstić information content (AvgIpc) is 2.36. The Morgan fingerprint density at radius 2 is 1.86 bits per heavy atom. The molecule has 4 nitrogen and oxygen atoms in total. The van der Waals surface area contributed by atoms with Gasteiger partial charge in [-0.15, -0.1) is 0 Å². The van der Waals surface area contributed by atoms with Crippen LogP contribution in [0.5, 0.6) is 0 Å². The largest absolute Gasteiger partial charge is 0.390 e. The molecule has 0 radical (unpaired) electrons. The van der Waals surface area contributed by atoms with Crippen LogP contribution in [-0.2, 0) is 4.74 Å². The molecule has 126 valence electrons. The Bertz CT molecular complexity index is 294. The zero-order chi connectivity index (χ0) is 16.3. The highest BCUT2D eigenvalue weighted by molar-refractivity contribution is 5.79. The van der Waals surface area contributed by atoms with E-state index in [1.165, 1.54) is 0 Å². The van der Waals surface area contributed by atoms with Crippen molar-refractivity contribution < 1.29 is 17.9 Å². The third-order valence-electron chi connectivity index (χ3n) is 2.85. The number of ether oxygens (including phenoxy) is 1. The Balaban J connectivity index is 4.25. The molecule has 0 amide bonds. The zero-order valence-corrected chi connectivity index (χ0v) is 13.4. The van der Waals surface area contributed by atoms with Gasteiger partial charge in [0.15, 0.2) is 5.96 Å². The minimum atomic E-state index is -4.15. The minimum Gasteiger partial charge on any atom is -0.378 e. The molecule has 1 atom stereocenters. The number of aliphatic imine (C=N–C) groups is 1. The molecule has 0 spiro atoms. The van der Waals surface area contributed by atoms with Crippen LogP contribution in [0.2, 0.25) is 0 Å². The standard InChI is InChI=1S/C14H28F3N3O/c1-5-18-13(20-10-8-14(15,16)17)19-9-7-12(11(3)4)21-6-2/h11-12H,5-10H2,1-4H3,(H2,18,19,20). The summed E-state index contributed by atoms with van der Waals surface area (Å²) in [7, 11) is 0. The maximum absolute atomic E-state index is 12.1. The molecule has 0 bridgehead atoms. The first-order valence-electron chi connectivity index (χ1n) is 7.50. The van der Waals surface area contributed by atoms with E-state index in [1.54, 1.807) is 0 Å². The van der Waals surface area contributed by atoms with E-state index in [9.17, 15) is 13.2 Å². The van der Waals surface area contributed by atoms with Gasteiger partial charge in [-0.3, -0.25) is 4.99 Å². The smallest absolute Gasteiger partial charge is 0.378 e. The molecule has 0 aromatic heterocycles.